The molecule has 4 N–H and O–H groups in total. The van der Waals surface area contributed by atoms with Crippen molar-refractivity contribution in [1.82, 2.24) is 0 Å². The summed E-state index contributed by atoms with van der Waals surface area (Å²) < 4.78 is 24.7. The Morgan fingerprint density at radius 3 is 2.26 bits per heavy atom. The number of carbonyl (C=O) groups is 2. The Hall–Kier alpha value is -6.78. The number of phenols is 3. The highest BCUT2D eigenvalue weighted by molar-refractivity contribution is 5.98. The summed E-state index contributed by atoms with van der Waals surface area (Å²) in [5, 5.41) is 47.8. The van der Waals surface area contributed by atoms with Crippen molar-refractivity contribution in [3.8, 4) is 39.9 Å². The van der Waals surface area contributed by atoms with E-state index in [1.165, 1.54) is 25.2 Å². The maximum atomic E-state index is 14.5. The first-order chi connectivity index (χ1) is 32.9. The number of rotatable bonds is 8. The van der Waals surface area contributed by atoms with Crippen molar-refractivity contribution in [3.05, 3.63) is 154 Å². The number of hydrogen-bond acceptors (Lipinski definition) is 10. The molecule has 9 atom stereocenters. The highest BCUT2D eigenvalue weighted by Gasteiger charge is 2.67. The zero-order chi connectivity index (χ0) is 47.0. The summed E-state index contributed by atoms with van der Waals surface area (Å²) in [5.41, 5.74) is 9.27. The van der Waals surface area contributed by atoms with Crippen molar-refractivity contribution in [1.29, 1.82) is 0 Å². The molecule has 6 aromatic carbocycles. The molecule has 348 valence electrons. The first-order valence-electron chi connectivity index (χ1n) is 23.9. The van der Waals surface area contributed by atoms with Crippen molar-refractivity contribution in [3.63, 3.8) is 0 Å². The van der Waals surface area contributed by atoms with Crippen LogP contribution in [0.3, 0.4) is 0 Å². The highest BCUT2D eigenvalue weighted by Crippen LogP contribution is 2.72. The van der Waals surface area contributed by atoms with Crippen LogP contribution in [-0.4, -0.2) is 64.9 Å². The lowest BCUT2D eigenvalue weighted by atomic mass is 9.38. The summed E-state index contributed by atoms with van der Waals surface area (Å²) in [6, 6.07) is 35.0. The van der Waals surface area contributed by atoms with Gasteiger partial charge in [-0.3, -0.25) is 9.59 Å². The summed E-state index contributed by atoms with van der Waals surface area (Å²) in [7, 11) is 3.07. The van der Waals surface area contributed by atoms with E-state index in [0.717, 1.165) is 68.1 Å². The second kappa shape index (κ2) is 17.1. The van der Waals surface area contributed by atoms with Gasteiger partial charge in [0.1, 0.15) is 18.0 Å². The van der Waals surface area contributed by atoms with Gasteiger partial charge < -0.3 is 39.4 Å². The minimum absolute atomic E-state index is 0.0211. The van der Waals surface area contributed by atoms with Crippen molar-refractivity contribution in [2.45, 2.75) is 88.4 Å². The second-order valence-electron chi connectivity index (χ2n) is 19.7. The number of methoxy groups -OCH3 is 2. The van der Waals surface area contributed by atoms with Crippen molar-refractivity contribution >= 4 is 28.8 Å². The number of fused-ring (bicyclic) bond motifs is 6. The molecule has 5 aliphatic rings. The molecule has 10 nitrogen and oxygen atoms in total. The van der Waals surface area contributed by atoms with E-state index in [4.69, 9.17) is 18.9 Å². The molecule has 2 saturated carbocycles. The number of benzene rings is 6. The molecule has 0 heterocycles. The molecule has 6 aromatic rings. The molecule has 0 amide bonds. The van der Waals surface area contributed by atoms with E-state index < -0.39 is 35.7 Å². The molecular formula is C58H56O10. The molecule has 11 rings (SSSR count). The molecular weight excluding hydrogens is 857 g/mol. The van der Waals surface area contributed by atoms with Crippen LogP contribution in [0.15, 0.2) is 115 Å². The minimum Gasteiger partial charge on any atom is -0.508 e. The third-order valence-corrected chi connectivity index (χ3v) is 16.3. The van der Waals surface area contributed by atoms with Gasteiger partial charge in [0.15, 0.2) is 23.0 Å². The predicted octanol–water partition coefficient (Wildman–Crippen LogP) is 10.1. The molecule has 0 aromatic heterocycles. The van der Waals surface area contributed by atoms with E-state index in [-0.39, 0.29) is 59.7 Å². The van der Waals surface area contributed by atoms with Crippen LogP contribution in [0.25, 0.3) is 28.0 Å². The van der Waals surface area contributed by atoms with E-state index in [2.05, 4.69) is 30.3 Å². The zero-order valence-electron chi connectivity index (χ0n) is 38.5. The number of hydrogen-bond donors (Lipinski definition) is 4. The molecule has 0 bridgehead atoms. The molecule has 0 aliphatic heterocycles. The lowest BCUT2D eigenvalue weighted by Gasteiger charge is -2.66. The summed E-state index contributed by atoms with van der Waals surface area (Å²) in [4.78, 5) is 28.1. The van der Waals surface area contributed by atoms with Gasteiger partial charge in [-0.2, -0.15) is 0 Å². The smallest absolute Gasteiger partial charge is 0.310 e. The number of aliphatic hydroxyl groups is 1. The van der Waals surface area contributed by atoms with Crippen LogP contribution in [0.4, 0.5) is 0 Å². The third kappa shape index (κ3) is 7.27. The number of ether oxygens (including phenoxy) is 4. The van der Waals surface area contributed by atoms with Gasteiger partial charge >= 0.3 is 11.9 Å². The third-order valence-electron chi connectivity index (χ3n) is 16.3. The van der Waals surface area contributed by atoms with Crippen molar-refractivity contribution in [2.75, 3.05) is 14.2 Å². The highest BCUT2D eigenvalue weighted by atomic mass is 16.6. The molecule has 0 spiro atoms. The maximum absolute atomic E-state index is 14.5. The van der Waals surface area contributed by atoms with Crippen LogP contribution in [0.2, 0.25) is 0 Å². The lowest BCUT2D eigenvalue weighted by Crippen LogP contribution is -2.63. The fourth-order valence-electron chi connectivity index (χ4n) is 13.8. The molecule has 0 radical (unpaired) electrons. The van der Waals surface area contributed by atoms with Crippen LogP contribution in [0.1, 0.15) is 83.4 Å². The average Bonchev–Trinajstić information content (AvgIpc) is 3.32. The van der Waals surface area contributed by atoms with Gasteiger partial charge in [0.05, 0.1) is 26.7 Å². The first kappa shape index (κ1) is 43.8. The summed E-state index contributed by atoms with van der Waals surface area (Å²) in [6.07, 6.45) is 3.68. The summed E-state index contributed by atoms with van der Waals surface area (Å²) in [5.74, 6) is -1.46. The fourth-order valence-corrected chi connectivity index (χ4v) is 13.8. The Balaban J connectivity index is 1.08. The Labute approximate surface area is 395 Å². The van der Waals surface area contributed by atoms with Crippen LogP contribution < -0.4 is 9.47 Å². The largest absolute Gasteiger partial charge is 0.508 e. The van der Waals surface area contributed by atoms with Gasteiger partial charge in [-0.1, -0.05) is 78.4 Å². The monoisotopic (exact) mass is 912 g/mol. The Bertz CT molecular complexity index is 3010. The number of aliphatic hydroxyl groups excluding tert-OH is 1. The summed E-state index contributed by atoms with van der Waals surface area (Å²) >= 11 is 0. The minimum atomic E-state index is -0.770. The van der Waals surface area contributed by atoms with Gasteiger partial charge in [0.2, 0.25) is 0 Å². The molecule has 0 saturated heterocycles. The zero-order valence-corrected chi connectivity index (χ0v) is 38.5. The molecule has 68 heavy (non-hydrogen) atoms. The van der Waals surface area contributed by atoms with Crippen LogP contribution in [-0.2, 0) is 44.7 Å². The normalized spacial score (nSPS) is 26.6. The SMILES string of the molecule is COc1cc2c(cc1O)C1CC(O)C3Cc4cc(O)c(OC)cc4C4CC(OC(=O)Cc5ccc6cc(O)cc(-c7ccccc7)c6c5)CC(OC(C)=O)C(C2)C1(C1=Cc2ccccc2CC1)C43. The van der Waals surface area contributed by atoms with Gasteiger partial charge in [-0.15, -0.1) is 0 Å². The number of phenolic OH excluding ortho intramolecular Hbond substituents is 3. The number of allylic oxidation sites excluding steroid dienone is 1. The predicted molar refractivity (Wildman–Crippen MR) is 258 cm³/mol. The van der Waals surface area contributed by atoms with Gasteiger partial charge in [-0.05, 0) is 166 Å². The summed E-state index contributed by atoms with van der Waals surface area (Å²) in [6.45, 7) is 1.44. The quantitative estimate of drug-likeness (QED) is 0.109. The van der Waals surface area contributed by atoms with Gasteiger partial charge in [0, 0.05) is 24.7 Å². The van der Waals surface area contributed by atoms with E-state index in [1.54, 1.807) is 25.3 Å². The van der Waals surface area contributed by atoms with Crippen molar-refractivity contribution in [2.24, 2.45) is 23.2 Å². The van der Waals surface area contributed by atoms with Crippen molar-refractivity contribution < 1.29 is 49.0 Å². The van der Waals surface area contributed by atoms with Crippen LogP contribution in [0.5, 0.6) is 28.7 Å². The van der Waals surface area contributed by atoms with E-state index in [0.29, 0.717) is 37.2 Å². The molecule has 10 heteroatoms. The second-order valence-corrected chi connectivity index (χ2v) is 19.7. The maximum Gasteiger partial charge on any atom is 0.310 e. The Morgan fingerprint density at radius 1 is 0.721 bits per heavy atom. The van der Waals surface area contributed by atoms with Gasteiger partial charge in [0.25, 0.3) is 0 Å². The van der Waals surface area contributed by atoms with Crippen LogP contribution in [0, 0.1) is 23.2 Å². The topological polar surface area (TPSA) is 152 Å². The number of aryl methyl sites for hydroxylation is 1. The van der Waals surface area contributed by atoms with E-state index in [9.17, 15) is 30.0 Å². The van der Waals surface area contributed by atoms with Gasteiger partial charge in [-0.25, -0.2) is 0 Å². The Kier molecular flexibility index (Phi) is 11.0. The standard InChI is InChI=1S/C58H56O10/c1-31(59)67-53-27-41(68-56(64)18-32-13-14-36-20-40(60)25-43(42(36)17-32)34-10-5-4-6-11-34)26-46-44-29-55(66-3)51(62)23-37(44)21-47-50(61)30-48-45-28-52(63)54(65-2)24-38(45)22-49(53)58(48,57(46)47)39-16-15-33-9-7-8-12-35(33)19-39/h4-14,17,19-20,23-25,28-29,41,46-50,53,57,60-63H,15-16,18,21-22,26-27,30H2,1-3H3. The van der Waals surface area contributed by atoms with E-state index >= 15 is 0 Å². The fraction of sp³-hybridized carbons (Fsp3) is 0.345. The number of aromatic hydroxyl groups is 3. The molecule has 9 unspecified atom stereocenters. The number of carbonyl (C=O) groups excluding carboxylic acids is 2. The first-order valence-corrected chi connectivity index (χ1v) is 23.9. The van der Waals surface area contributed by atoms with E-state index in [1.807, 2.05) is 66.7 Å². The number of esters is 2. The molecule has 5 aliphatic carbocycles. The van der Waals surface area contributed by atoms with Crippen LogP contribution >= 0.6 is 0 Å². The average molecular weight is 913 g/mol. The molecule has 2 fully saturated rings. The lowest BCUT2D eigenvalue weighted by molar-refractivity contribution is -0.177. The Morgan fingerprint density at radius 2 is 1.47 bits per heavy atom.